The van der Waals surface area contributed by atoms with E-state index in [-0.39, 0.29) is 16.9 Å². The van der Waals surface area contributed by atoms with Crippen LogP contribution in [0.15, 0.2) is 77.8 Å². The molecule has 0 aliphatic carbocycles. The minimum absolute atomic E-state index is 0.0264. The van der Waals surface area contributed by atoms with E-state index in [4.69, 9.17) is 9.73 Å². The minimum Gasteiger partial charge on any atom is -0.494 e. The van der Waals surface area contributed by atoms with Crippen LogP contribution in [0, 0.1) is 0 Å². The number of carbonyl (C=O) groups excluding carboxylic acids is 1. The third-order valence-corrected chi connectivity index (χ3v) is 6.71. The second kappa shape index (κ2) is 7.33. The molecule has 0 unspecified atom stereocenters. The molecule has 3 aromatic rings. The Hall–Kier alpha value is -3.40. The van der Waals surface area contributed by atoms with Gasteiger partial charge in [-0.2, -0.15) is 0 Å². The molecule has 162 valence electrons. The van der Waals surface area contributed by atoms with Gasteiger partial charge in [-0.05, 0) is 62.6 Å². The summed E-state index contributed by atoms with van der Waals surface area (Å²) < 4.78 is 5.54. The van der Waals surface area contributed by atoms with Crippen molar-refractivity contribution in [3.63, 3.8) is 0 Å². The minimum atomic E-state index is -0.346. The molecule has 1 atom stereocenters. The zero-order valence-corrected chi connectivity index (χ0v) is 19.1. The lowest BCUT2D eigenvalue weighted by molar-refractivity contribution is -0.113. The molecule has 5 rings (SSSR count). The number of hydrogen-bond donors (Lipinski definition) is 0. The zero-order valence-electron chi connectivity index (χ0n) is 19.1. The van der Waals surface area contributed by atoms with Gasteiger partial charge in [0, 0.05) is 16.5 Å². The van der Waals surface area contributed by atoms with E-state index < -0.39 is 0 Å². The molecule has 0 N–H and O–H groups in total. The van der Waals surface area contributed by atoms with E-state index in [0.717, 1.165) is 29.1 Å². The fourth-order valence-corrected chi connectivity index (χ4v) is 5.44. The van der Waals surface area contributed by atoms with Crippen molar-refractivity contribution in [2.45, 2.75) is 45.1 Å². The van der Waals surface area contributed by atoms with Crippen LogP contribution in [-0.2, 0) is 10.2 Å². The lowest BCUT2D eigenvalue weighted by Gasteiger charge is -2.49. The van der Waals surface area contributed by atoms with Gasteiger partial charge in [0.05, 0.1) is 18.0 Å². The van der Waals surface area contributed by atoms with Crippen LogP contribution in [0.2, 0.25) is 0 Å². The number of anilines is 1. The predicted molar refractivity (Wildman–Crippen MR) is 129 cm³/mol. The first kappa shape index (κ1) is 20.5. The van der Waals surface area contributed by atoms with Crippen LogP contribution in [0.5, 0.6) is 5.75 Å². The van der Waals surface area contributed by atoms with Crippen molar-refractivity contribution >= 4 is 23.0 Å². The lowest BCUT2D eigenvalue weighted by Crippen LogP contribution is -2.54. The Morgan fingerprint density at radius 2 is 1.66 bits per heavy atom. The average molecular weight is 425 g/mol. The molecule has 0 bridgehead atoms. The topological polar surface area (TPSA) is 41.9 Å². The van der Waals surface area contributed by atoms with Gasteiger partial charge in [0.15, 0.2) is 0 Å². The highest BCUT2D eigenvalue weighted by atomic mass is 16.5. The number of hydrogen-bond acceptors (Lipinski definition) is 3. The van der Waals surface area contributed by atoms with Gasteiger partial charge in [0.1, 0.15) is 11.5 Å². The van der Waals surface area contributed by atoms with Crippen molar-refractivity contribution in [3.8, 4) is 5.75 Å². The summed E-state index contributed by atoms with van der Waals surface area (Å²) in [7, 11) is 0. The van der Waals surface area contributed by atoms with Crippen LogP contribution in [0.25, 0.3) is 0 Å². The Labute approximate surface area is 189 Å². The normalized spacial score (nSPS) is 22.2. The molecule has 0 aromatic heterocycles. The highest BCUT2D eigenvalue weighted by Crippen LogP contribution is 2.54. The molecule has 4 heteroatoms. The number of benzene rings is 3. The Morgan fingerprint density at radius 1 is 0.938 bits per heavy atom. The molecular formula is C28H28N2O2. The number of para-hydroxylation sites is 1. The molecule has 0 saturated carbocycles. The van der Waals surface area contributed by atoms with Crippen molar-refractivity contribution < 1.29 is 9.53 Å². The maximum atomic E-state index is 13.7. The first-order valence-corrected chi connectivity index (χ1v) is 11.2. The zero-order chi connectivity index (χ0) is 22.5. The summed E-state index contributed by atoms with van der Waals surface area (Å²) in [6, 6.07) is 24.4. The third-order valence-electron chi connectivity index (χ3n) is 6.71. The van der Waals surface area contributed by atoms with Crippen LogP contribution in [0.3, 0.4) is 0 Å². The van der Waals surface area contributed by atoms with E-state index in [0.29, 0.717) is 12.3 Å². The molecule has 0 spiro atoms. The summed E-state index contributed by atoms with van der Waals surface area (Å²) in [6.07, 6.45) is 0.836. The third kappa shape index (κ3) is 3.05. The van der Waals surface area contributed by atoms with Gasteiger partial charge in [-0.1, -0.05) is 55.5 Å². The Kier molecular flexibility index (Phi) is 4.70. The van der Waals surface area contributed by atoms with Crippen LogP contribution in [0.1, 0.15) is 50.8 Å². The smallest absolute Gasteiger partial charge is 0.278 e. The van der Waals surface area contributed by atoms with Crippen LogP contribution >= 0.6 is 0 Å². The molecule has 3 aromatic carbocycles. The Balaban J connectivity index is 1.67. The highest BCUT2D eigenvalue weighted by molar-refractivity contribution is 6.55. The molecule has 32 heavy (non-hydrogen) atoms. The monoisotopic (exact) mass is 424 g/mol. The summed E-state index contributed by atoms with van der Waals surface area (Å²) >= 11 is 0. The average Bonchev–Trinajstić information content (AvgIpc) is 3.07. The van der Waals surface area contributed by atoms with Crippen LogP contribution < -0.4 is 9.64 Å². The number of aliphatic imine (C=N–C) groups is 1. The maximum absolute atomic E-state index is 13.7. The molecule has 0 radical (unpaired) electrons. The van der Waals surface area contributed by atoms with Gasteiger partial charge in [0.25, 0.3) is 5.91 Å². The lowest BCUT2D eigenvalue weighted by atomic mass is 9.65. The number of amides is 1. The summed E-state index contributed by atoms with van der Waals surface area (Å²) in [5, 5.41) is 0. The van der Waals surface area contributed by atoms with E-state index >= 15 is 0 Å². The quantitative estimate of drug-likeness (QED) is 0.512. The van der Waals surface area contributed by atoms with Gasteiger partial charge in [-0.15, -0.1) is 0 Å². The van der Waals surface area contributed by atoms with Gasteiger partial charge in [-0.3, -0.25) is 4.79 Å². The molecule has 0 fully saturated rings. The summed E-state index contributed by atoms with van der Waals surface area (Å²) in [5.41, 5.74) is 5.09. The van der Waals surface area contributed by atoms with Crippen molar-refractivity contribution in [2.24, 2.45) is 4.99 Å². The molecule has 2 heterocycles. The Bertz CT molecular complexity index is 1210. The van der Waals surface area contributed by atoms with Crippen molar-refractivity contribution in [2.75, 3.05) is 11.5 Å². The predicted octanol–water partition coefficient (Wildman–Crippen LogP) is 6.04. The standard InChI is InChI=1S/C28H28N2O2/c1-5-32-21-16-14-20(15-17-21)29-24-22-12-9-13-23-25(22)30(26(24)31)27(2,3)18-28(23,4)19-10-7-6-8-11-19/h6-17H,5,18H2,1-4H3/t28-/m0/s1. The first-order valence-electron chi connectivity index (χ1n) is 11.2. The van der Waals surface area contributed by atoms with Crippen molar-refractivity contribution in [3.05, 3.63) is 89.5 Å². The Morgan fingerprint density at radius 3 is 2.34 bits per heavy atom. The summed E-state index contributed by atoms with van der Waals surface area (Å²) in [4.78, 5) is 20.5. The van der Waals surface area contributed by atoms with Crippen LogP contribution in [0.4, 0.5) is 11.4 Å². The number of ether oxygens (including phenoxy) is 1. The molecule has 1 amide bonds. The largest absolute Gasteiger partial charge is 0.494 e. The fourth-order valence-electron chi connectivity index (χ4n) is 5.44. The molecular weight excluding hydrogens is 396 g/mol. The van der Waals surface area contributed by atoms with Gasteiger partial charge >= 0.3 is 0 Å². The summed E-state index contributed by atoms with van der Waals surface area (Å²) in [6.45, 7) is 9.19. The maximum Gasteiger partial charge on any atom is 0.278 e. The van der Waals surface area contributed by atoms with E-state index in [2.05, 4.69) is 57.2 Å². The number of carbonyl (C=O) groups is 1. The fraction of sp³-hybridized carbons (Fsp3) is 0.286. The second-order valence-corrected chi connectivity index (χ2v) is 9.42. The van der Waals surface area contributed by atoms with E-state index in [1.165, 1.54) is 11.1 Å². The number of nitrogens with zero attached hydrogens (tertiary/aromatic N) is 2. The first-order chi connectivity index (χ1) is 15.3. The van der Waals surface area contributed by atoms with Gasteiger partial charge in [-0.25, -0.2) is 4.99 Å². The SMILES string of the molecule is CCOc1ccc(N=C2C(=O)N3c4c2cccc4[C@](C)(c2ccccc2)CC3(C)C)cc1. The summed E-state index contributed by atoms with van der Waals surface area (Å²) in [5.74, 6) is 0.776. The molecule has 2 aliphatic heterocycles. The molecule has 2 aliphatic rings. The van der Waals surface area contributed by atoms with Crippen LogP contribution in [-0.4, -0.2) is 23.8 Å². The molecule has 0 saturated heterocycles. The second-order valence-electron chi connectivity index (χ2n) is 9.42. The van der Waals surface area contributed by atoms with Crippen molar-refractivity contribution in [1.29, 1.82) is 0 Å². The highest BCUT2D eigenvalue weighted by Gasteiger charge is 2.52. The van der Waals surface area contributed by atoms with Gasteiger partial charge in [0.2, 0.25) is 0 Å². The van der Waals surface area contributed by atoms with E-state index in [1.807, 2.05) is 48.2 Å². The number of rotatable bonds is 4. The van der Waals surface area contributed by atoms with Gasteiger partial charge < -0.3 is 9.64 Å². The molecule has 4 nitrogen and oxygen atoms in total. The van der Waals surface area contributed by atoms with E-state index in [1.54, 1.807) is 0 Å². The van der Waals surface area contributed by atoms with Crippen molar-refractivity contribution in [1.82, 2.24) is 0 Å². The van der Waals surface area contributed by atoms with E-state index in [9.17, 15) is 4.79 Å².